The van der Waals surface area contributed by atoms with Crippen LogP contribution in [0.3, 0.4) is 0 Å². The van der Waals surface area contributed by atoms with E-state index in [4.69, 9.17) is 0 Å². The van der Waals surface area contributed by atoms with E-state index in [9.17, 15) is 0 Å². The fraction of sp³-hybridized carbons (Fsp3) is 0.727. The Morgan fingerprint density at radius 1 is 1.60 bits per heavy atom. The van der Waals surface area contributed by atoms with Crippen molar-refractivity contribution in [2.45, 2.75) is 31.8 Å². The number of aromatic nitrogens is 1. The second-order valence-electron chi connectivity index (χ2n) is 4.50. The van der Waals surface area contributed by atoms with E-state index >= 15 is 0 Å². The van der Waals surface area contributed by atoms with Crippen LogP contribution >= 0.6 is 11.3 Å². The molecule has 0 unspecified atom stereocenters. The van der Waals surface area contributed by atoms with E-state index < -0.39 is 0 Å². The van der Waals surface area contributed by atoms with Gasteiger partial charge < -0.3 is 5.32 Å². The van der Waals surface area contributed by atoms with Crippen molar-refractivity contribution in [3.8, 4) is 0 Å². The van der Waals surface area contributed by atoms with Gasteiger partial charge in [-0.3, -0.25) is 4.90 Å². The summed E-state index contributed by atoms with van der Waals surface area (Å²) in [6.07, 6.45) is 3.85. The van der Waals surface area contributed by atoms with Gasteiger partial charge in [0.25, 0.3) is 0 Å². The van der Waals surface area contributed by atoms with Crippen LogP contribution in [0.2, 0.25) is 0 Å². The molecule has 82 valence electrons. The lowest BCUT2D eigenvalue weighted by Crippen LogP contribution is -2.39. The van der Waals surface area contributed by atoms with Crippen LogP contribution in [0.15, 0.2) is 5.51 Å². The van der Waals surface area contributed by atoms with E-state index in [1.807, 2.05) is 16.8 Å². The summed E-state index contributed by atoms with van der Waals surface area (Å²) in [7, 11) is 0. The van der Waals surface area contributed by atoms with Gasteiger partial charge in [-0.25, -0.2) is 4.98 Å². The average molecular weight is 223 g/mol. The van der Waals surface area contributed by atoms with Gasteiger partial charge in [-0.15, -0.1) is 11.3 Å². The monoisotopic (exact) mass is 223 g/mol. The van der Waals surface area contributed by atoms with Gasteiger partial charge in [0, 0.05) is 37.0 Å². The van der Waals surface area contributed by atoms with Crippen LogP contribution in [0.5, 0.6) is 0 Å². The Morgan fingerprint density at radius 3 is 3.47 bits per heavy atom. The van der Waals surface area contributed by atoms with E-state index in [1.54, 1.807) is 0 Å². The molecule has 0 spiro atoms. The Balaban J connectivity index is 1.61. The number of hydrogen-bond donors (Lipinski definition) is 1. The molecule has 1 atom stereocenters. The van der Waals surface area contributed by atoms with Crippen molar-refractivity contribution in [1.82, 2.24) is 15.2 Å². The quantitative estimate of drug-likeness (QED) is 0.818. The van der Waals surface area contributed by atoms with Gasteiger partial charge >= 0.3 is 0 Å². The normalized spacial score (nSPS) is 26.8. The maximum Gasteiger partial charge on any atom is 0.0798 e. The summed E-state index contributed by atoms with van der Waals surface area (Å²) in [6.45, 7) is 4.74. The lowest BCUT2D eigenvalue weighted by atomic mass is 10.1. The zero-order valence-corrected chi connectivity index (χ0v) is 9.72. The number of hydrogen-bond acceptors (Lipinski definition) is 4. The highest BCUT2D eigenvalue weighted by Gasteiger charge is 2.22. The first-order valence-corrected chi connectivity index (χ1v) is 6.67. The Kier molecular flexibility index (Phi) is 2.73. The molecule has 0 bridgehead atoms. The van der Waals surface area contributed by atoms with Gasteiger partial charge in [0.15, 0.2) is 0 Å². The van der Waals surface area contributed by atoms with Gasteiger partial charge in [0.2, 0.25) is 0 Å². The van der Waals surface area contributed by atoms with Crippen LogP contribution < -0.4 is 5.32 Å². The molecule has 0 aromatic carbocycles. The van der Waals surface area contributed by atoms with Crippen LogP contribution in [-0.2, 0) is 13.0 Å². The Hall–Kier alpha value is -0.450. The zero-order valence-electron chi connectivity index (χ0n) is 8.91. The smallest absolute Gasteiger partial charge is 0.0798 e. The highest BCUT2D eigenvalue weighted by atomic mass is 32.1. The van der Waals surface area contributed by atoms with Crippen LogP contribution in [-0.4, -0.2) is 35.6 Å². The minimum Gasteiger partial charge on any atom is -0.313 e. The number of thiazole rings is 1. The molecule has 3 nitrogen and oxygen atoms in total. The number of nitrogens with one attached hydrogen (secondary N) is 1. The first-order chi connectivity index (χ1) is 7.42. The molecule has 3 heterocycles. The molecule has 1 fully saturated rings. The summed E-state index contributed by atoms with van der Waals surface area (Å²) in [4.78, 5) is 8.46. The topological polar surface area (TPSA) is 28.2 Å². The second-order valence-corrected chi connectivity index (χ2v) is 5.44. The largest absolute Gasteiger partial charge is 0.313 e. The molecule has 0 amide bonds. The third-order valence-corrected chi connectivity index (χ3v) is 4.26. The molecule has 0 radical (unpaired) electrons. The molecule has 15 heavy (non-hydrogen) atoms. The standard InChI is InChI=1S/C11H17N3S/c1-2-9(12-4-1)6-14-5-3-10-11(7-14)15-8-13-10/h8-9,12H,1-7H2/t9-/m0/s1. The fourth-order valence-electron chi connectivity index (χ4n) is 2.55. The van der Waals surface area contributed by atoms with Gasteiger partial charge in [-0.1, -0.05) is 0 Å². The molecule has 1 N–H and O–H groups in total. The summed E-state index contributed by atoms with van der Waals surface area (Å²) < 4.78 is 0. The van der Waals surface area contributed by atoms with E-state index in [-0.39, 0.29) is 0 Å². The van der Waals surface area contributed by atoms with E-state index in [0.29, 0.717) is 0 Å². The van der Waals surface area contributed by atoms with Crippen LogP contribution in [0.1, 0.15) is 23.4 Å². The minimum absolute atomic E-state index is 0.736. The van der Waals surface area contributed by atoms with Gasteiger partial charge in [0.05, 0.1) is 11.2 Å². The molecule has 1 aromatic rings. The predicted octanol–water partition coefficient (Wildman–Crippen LogP) is 1.25. The SMILES string of the molecule is c1nc2c(s1)CN(C[C@@H]1CCCN1)CC2. The highest BCUT2D eigenvalue weighted by Crippen LogP contribution is 2.22. The maximum absolute atomic E-state index is 4.40. The van der Waals surface area contributed by atoms with Crippen molar-refractivity contribution in [2.24, 2.45) is 0 Å². The van der Waals surface area contributed by atoms with Gasteiger partial charge in [-0.05, 0) is 19.4 Å². The van der Waals surface area contributed by atoms with Crippen LogP contribution in [0, 0.1) is 0 Å². The summed E-state index contributed by atoms with van der Waals surface area (Å²) in [6, 6.07) is 0.736. The Labute approximate surface area is 94.5 Å². The number of rotatable bonds is 2. The maximum atomic E-state index is 4.40. The highest BCUT2D eigenvalue weighted by molar-refractivity contribution is 7.09. The molecule has 0 saturated carbocycles. The molecule has 4 heteroatoms. The first kappa shape index (κ1) is 9.75. The Morgan fingerprint density at radius 2 is 2.60 bits per heavy atom. The average Bonchev–Trinajstić information content (AvgIpc) is 2.87. The first-order valence-electron chi connectivity index (χ1n) is 5.79. The molecular formula is C11H17N3S. The van der Waals surface area contributed by atoms with Crippen molar-refractivity contribution >= 4 is 11.3 Å². The number of nitrogens with zero attached hydrogens (tertiary/aromatic N) is 2. The second kappa shape index (κ2) is 4.20. The number of fused-ring (bicyclic) bond motifs is 1. The third kappa shape index (κ3) is 2.07. The molecule has 2 aliphatic rings. The fourth-order valence-corrected chi connectivity index (χ4v) is 3.41. The summed E-state index contributed by atoms with van der Waals surface area (Å²) in [5.74, 6) is 0. The van der Waals surface area contributed by atoms with Crippen molar-refractivity contribution in [3.63, 3.8) is 0 Å². The van der Waals surface area contributed by atoms with Crippen LogP contribution in [0.25, 0.3) is 0 Å². The third-order valence-electron chi connectivity index (χ3n) is 3.40. The lowest BCUT2D eigenvalue weighted by molar-refractivity contribution is 0.233. The molecule has 1 saturated heterocycles. The predicted molar refractivity (Wildman–Crippen MR) is 62.1 cm³/mol. The van der Waals surface area contributed by atoms with Crippen molar-refractivity contribution in [1.29, 1.82) is 0 Å². The molecular weight excluding hydrogens is 206 g/mol. The summed E-state index contributed by atoms with van der Waals surface area (Å²) in [5.41, 5.74) is 3.33. The van der Waals surface area contributed by atoms with Crippen molar-refractivity contribution < 1.29 is 0 Å². The zero-order chi connectivity index (χ0) is 10.1. The molecule has 3 rings (SSSR count). The Bertz CT molecular complexity index is 330. The van der Waals surface area contributed by atoms with Gasteiger partial charge in [0.1, 0.15) is 0 Å². The summed E-state index contributed by atoms with van der Waals surface area (Å²) in [5, 5.41) is 3.57. The van der Waals surface area contributed by atoms with E-state index in [1.165, 1.54) is 43.0 Å². The van der Waals surface area contributed by atoms with E-state index in [0.717, 1.165) is 19.0 Å². The van der Waals surface area contributed by atoms with Crippen molar-refractivity contribution in [3.05, 3.63) is 16.1 Å². The molecule has 2 aliphatic heterocycles. The minimum atomic E-state index is 0.736. The van der Waals surface area contributed by atoms with Gasteiger partial charge in [-0.2, -0.15) is 0 Å². The molecule has 1 aromatic heterocycles. The molecule has 0 aliphatic carbocycles. The summed E-state index contributed by atoms with van der Waals surface area (Å²) >= 11 is 1.81. The van der Waals surface area contributed by atoms with Crippen LogP contribution in [0.4, 0.5) is 0 Å². The van der Waals surface area contributed by atoms with E-state index in [2.05, 4.69) is 15.2 Å². The van der Waals surface area contributed by atoms with Crippen molar-refractivity contribution in [2.75, 3.05) is 19.6 Å². The lowest BCUT2D eigenvalue weighted by Gasteiger charge is -2.28.